The van der Waals surface area contributed by atoms with E-state index in [4.69, 9.17) is 8.92 Å². The molecule has 2 unspecified atom stereocenters. The van der Waals surface area contributed by atoms with E-state index in [0.717, 1.165) is 0 Å². The van der Waals surface area contributed by atoms with Crippen LogP contribution in [0.5, 0.6) is 0 Å². The zero-order valence-electron chi connectivity index (χ0n) is 14.3. The molecule has 0 spiro atoms. The fraction of sp³-hybridized carbons (Fsp3) is 0.929. The minimum Gasteiger partial charge on any atom is -0.463 e. The number of hydrogen-bond acceptors (Lipinski definition) is 9. The molecule has 0 radical (unpaired) electrons. The van der Waals surface area contributed by atoms with Gasteiger partial charge in [0.2, 0.25) is 18.2 Å². The predicted molar refractivity (Wildman–Crippen MR) is 87.0 cm³/mol. The van der Waals surface area contributed by atoms with Crippen molar-refractivity contribution < 1.29 is 32.0 Å². The second kappa shape index (κ2) is 8.25. The Bertz CT molecular complexity index is 635. The molecule has 148 valence electrons. The number of carbonyl (C=O) groups is 1. The molecule has 0 aromatic heterocycles. The molecule has 12 heteroatoms. The second-order valence-electron chi connectivity index (χ2n) is 6.70. The number of esters is 1. The van der Waals surface area contributed by atoms with Crippen molar-refractivity contribution >= 4 is 16.1 Å². The lowest BCUT2D eigenvalue weighted by atomic mass is 9.89. The van der Waals surface area contributed by atoms with Crippen LogP contribution in [0.2, 0.25) is 0 Å². The molecule has 26 heavy (non-hydrogen) atoms. The fourth-order valence-electron chi connectivity index (χ4n) is 3.61. The molecule has 0 aliphatic heterocycles. The highest BCUT2D eigenvalue weighted by Gasteiger charge is 2.51. The first-order valence-corrected chi connectivity index (χ1v) is 9.95. The summed E-state index contributed by atoms with van der Waals surface area (Å²) in [5.41, 5.74) is 0. The maximum atomic E-state index is 12.5. The molecule has 0 amide bonds. The Morgan fingerprint density at radius 1 is 0.962 bits per heavy atom. The Morgan fingerprint density at radius 3 is 1.88 bits per heavy atom. The molecule has 2 aliphatic rings. The highest BCUT2D eigenvalue weighted by molar-refractivity contribution is 7.87. The zero-order valence-corrected chi connectivity index (χ0v) is 15.1. The number of nitrogens with zero attached hydrogens (tertiary/aromatic N) is 2. The highest BCUT2D eigenvalue weighted by Crippen LogP contribution is 2.32. The van der Waals surface area contributed by atoms with E-state index in [-0.39, 0.29) is 38.2 Å². The number of rotatable bonds is 6. The summed E-state index contributed by atoms with van der Waals surface area (Å²) < 4.78 is 35.2. The van der Waals surface area contributed by atoms with Gasteiger partial charge in [0.05, 0.1) is 5.25 Å². The Labute approximate surface area is 150 Å². The Kier molecular flexibility index (Phi) is 6.50. The van der Waals surface area contributed by atoms with Crippen LogP contribution in [0, 0.1) is 20.2 Å². The van der Waals surface area contributed by atoms with E-state index in [0.29, 0.717) is 12.8 Å². The van der Waals surface area contributed by atoms with Crippen molar-refractivity contribution in [3.05, 3.63) is 20.2 Å². The molecule has 2 saturated carbocycles. The SMILES string of the molecule is CC(=O)OC1CCC(S(=O)(=O)OC2C([N+](=O)[O-])CCCC2[N+](=O)[O-])CC1. The molecule has 2 rings (SSSR count). The maximum Gasteiger partial charge on any atom is 0.302 e. The number of ether oxygens (including phenoxy) is 1. The first-order valence-electron chi connectivity index (χ1n) is 8.48. The topological polar surface area (TPSA) is 156 Å². The molecule has 2 fully saturated rings. The van der Waals surface area contributed by atoms with Gasteiger partial charge in [-0.15, -0.1) is 0 Å². The minimum absolute atomic E-state index is 0.0384. The van der Waals surface area contributed by atoms with Gasteiger partial charge in [0, 0.05) is 29.6 Å². The van der Waals surface area contributed by atoms with Gasteiger partial charge in [0.15, 0.2) is 0 Å². The van der Waals surface area contributed by atoms with Crippen molar-refractivity contribution in [2.45, 2.75) is 81.4 Å². The molecule has 0 bridgehead atoms. The van der Waals surface area contributed by atoms with Crippen LogP contribution in [0.4, 0.5) is 0 Å². The summed E-state index contributed by atoms with van der Waals surface area (Å²) in [5.74, 6) is -0.447. The van der Waals surface area contributed by atoms with Gasteiger partial charge in [-0.3, -0.25) is 29.2 Å². The van der Waals surface area contributed by atoms with Gasteiger partial charge in [-0.2, -0.15) is 8.42 Å². The third-order valence-electron chi connectivity index (χ3n) is 4.91. The molecular weight excluding hydrogens is 372 g/mol. The van der Waals surface area contributed by atoms with E-state index in [1.165, 1.54) is 6.92 Å². The van der Waals surface area contributed by atoms with Gasteiger partial charge < -0.3 is 4.74 Å². The van der Waals surface area contributed by atoms with E-state index < -0.39 is 49.4 Å². The average Bonchev–Trinajstić information content (AvgIpc) is 2.54. The second-order valence-corrected chi connectivity index (χ2v) is 8.54. The van der Waals surface area contributed by atoms with Crippen molar-refractivity contribution in [2.75, 3.05) is 0 Å². The molecule has 0 saturated heterocycles. The third-order valence-corrected chi connectivity index (χ3v) is 6.69. The fourth-order valence-corrected chi connectivity index (χ4v) is 5.18. The van der Waals surface area contributed by atoms with Crippen molar-refractivity contribution in [3.63, 3.8) is 0 Å². The van der Waals surface area contributed by atoms with Crippen LogP contribution in [0.1, 0.15) is 51.9 Å². The summed E-state index contributed by atoms with van der Waals surface area (Å²) in [7, 11) is -4.22. The minimum atomic E-state index is -4.22. The van der Waals surface area contributed by atoms with Crippen LogP contribution >= 0.6 is 0 Å². The van der Waals surface area contributed by atoms with E-state index in [9.17, 15) is 33.4 Å². The van der Waals surface area contributed by atoms with Crippen LogP contribution in [0.15, 0.2) is 0 Å². The molecule has 11 nitrogen and oxygen atoms in total. The summed E-state index contributed by atoms with van der Waals surface area (Å²) >= 11 is 0. The standard InChI is InChI=1S/C14H22N2O9S/c1-9(17)24-10-5-7-11(8-6-10)26(22,23)25-14-12(15(18)19)3-2-4-13(14)16(20)21/h10-14H,2-8H2,1H3. The van der Waals surface area contributed by atoms with Crippen molar-refractivity contribution in [3.8, 4) is 0 Å². The molecule has 2 aliphatic carbocycles. The maximum absolute atomic E-state index is 12.5. The lowest BCUT2D eigenvalue weighted by Crippen LogP contribution is -2.52. The van der Waals surface area contributed by atoms with Crippen LogP contribution in [-0.4, -0.2) is 53.8 Å². The number of hydrogen-bond donors (Lipinski definition) is 0. The van der Waals surface area contributed by atoms with E-state index in [1.807, 2.05) is 0 Å². The quantitative estimate of drug-likeness (QED) is 0.278. The Morgan fingerprint density at radius 2 is 1.46 bits per heavy atom. The van der Waals surface area contributed by atoms with Crippen molar-refractivity contribution in [1.29, 1.82) is 0 Å². The first kappa shape index (κ1) is 20.5. The molecular formula is C14H22N2O9S. The zero-order chi connectivity index (χ0) is 19.5. The summed E-state index contributed by atoms with van der Waals surface area (Å²) in [6.45, 7) is 1.27. The first-order chi connectivity index (χ1) is 12.1. The normalized spacial score (nSPS) is 32.6. The molecule has 2 atom stereocenters. The predicted octanol–water partition coefficient (Wildman–Crippen LogP) is 1.05. The summed E-state index contributed by atoms with van der Waals surface area (Å²) in [5, 5.41) is 21.5. The number of carbonyl (C=O) groups excluding carboxylic acids is 1. The van der Waals surface area contributed by atoms with Gasteiger partial charge in [0.25, 0.3) is 10.1 Å². The average molecular weight is 394 g/mol. The van der Waals surface area contributed by atoms with Gasteiger partial charge in [-0.1, -0.05) is 0 Å². The monoisotopic (exact) mass is 394 g/mol. The molecule has 0 N–H and O–H groups in total. The lowest BCUT2D eigenvalue weighted by Gasteiger charge is -2.31. The van der Waals surface area contributed by atoms with Crippen molar-refractivity contribution in [1.82, 2.24) is 0 Å². The van der Waals surface area contributed by atoms with Crippen molar-refractivity contribution in [2.24, 2.45) is 0 Å². The van der Waals surface area contributed by atoms with Gasteiger partial charge in [-0.25, -0.2) is 0 Å². The van der Waals surface area contributed by atoms with Crippen LogP contribution < -0.4 is 0 Å². The smallest absolute Gasteiger partial charge is 0.302 e. The summed E-state index contributed by atoms with van der Waals surface area (Å²) in [4.78, 5) is 32.0. The van der Waals surface area contributed by atoms with Gasteiger partial charge in [-0.05, 0) is 32.1 Å². The largest absolute Gasteiger partial charge is 0.463 e. The van der Waals surface area contributed by atoms with E-state index >= 15 is 0 Å². The third kappa shape index (κ3) is 4.87. The van der Waals surface area contributed by atoms with Gasteiger partial charge >= 0.3 is 5.97 Å². The summed E-state index contributed by atoms with van der Waals surface area (Å²) in [6, 6.07) is -2.85. The highest BCUT2D eigenvalue weighted by atomic mass is 32.2. The lowest BCUT2D eigenvalue weighted by molar-refractivity contribution is -0.583. The summed E-state index contributed by atoms with van der Waals surface area (Å²) in [6.07, 6.45) is -0.642. The molecule has 0 aromatic carbocycles. The Hall–Kier alpha value is -1.82. The van der Waals surface area contributed by atoms with Crippen LogP contribution in [-0.2, 0) is 23.8 Å². The van der Waals surface area contributed by atoms with Gasteiger partial charge in [0.1, 0.15) is 6.10 Å². The molecule has 0 aromatic rings. The number of nitro groups is 2. The molecule has 0 heterocycles. The van der Waals surface area contributed by atoms with Crippen LogP contribution in [0.3, 0.4) is 0 Å². The Balaban J connectivity index is 2.09. The van der Waals surface area contributed by atoms with E-state index in [1.54, 1.807) is 0 Å². The van der Waals surface area contributed by atoms with Crippen LogP contribution in [0.25, 0.3) is 0 Å². The van der Waals surface area contributed by atoms with E-state index in [2.05, 4.69) is 0 Å².